The highest BCUT2D eigenvalue weighted by Crippen LogP contribution is 2.41. The Kier molecular flexibility index (Phi) is 4.28. The molecule has 0 aliphatic heterocycles. The van der Waals surface area contributed by atoms with Gasteiger partial charge in [0.25, 0.3) is 0 Å². The number of aromatic hydroxyl groups is 3. The van der Waals surface area contributed by atoms with Crippen molar-refractivity contribution in [3.8, 4) is 17.2 Å². The van der Waals surface area contributed by atoms with Crippen LogP contribution in [0.15, 0.2) is 12.1 Å². The Balaban J connectivity index is 0.00000225. The maximum atomic E-state index is 12.2. The lowest BCUT2D eigenvalue weighted by Crippen LogP contribution is -2.28. The lowest BCUT2D eigenvalue weighted by Gasteiger charge is -2.18. The summed E-state index contributed by atoms with van der Waals surface area (Å²) in [6, 6.07) is -1.17. The smallest absolute Gasteiger partial charge is 0.407 e. The molecule has 0 aromatic heterocycles. The third-order valence-corrected chi connectivity index (χ3v) is 1.78. The van der Waals surface area contributed by atoms with Crippen LogP contribution in [0.25, 0.3) is 0 Å². The van der Waals surface area contributed by atoms with Crippen molar-refractivity contribution >= 4 is 12.4 Å². The van der Waals surface area contributed by atoms with Gasteiger partial charge in [0.1, 0.15) is 23.3 Å². The van der Waals surface area contributed by atoms with Crippen LogP contribution in [0.2, 0.25) is 0 Å². The van der Waals surface area contributed by atoms with Gasteiger partial charge in [0, 0.05) is 12.1 Å². The average molecular weight is 260 g/mol. The maximum absolute atomic E-state index is 12.2. The van der Waals surface area contributed by atoms with Crippen LogP contribution in [0.5, 0.6) is 17.2 Å². The second-order valence-corrected chi connectivity index (χ2v) is 2.92. The first kappa shape index (κ1) is 14.7. The number of hydrogen-bond donors (Lipinski definition) is 4. The van der Waals surface area contributed by atoms with Crippen LogP contribution in [0.1, 0.15) is 11.6 Å². The molecule has 4 nitrogen and oxygen atoms in total. The van der Waals surface area contributed by atoms with Crippen molar-refractivity contribution in [2.75, 3.05) is 0 Å². The zero-order valence-corrected chi connectivity index (χ0v) is 8.51. The minimum Gasteiger partial charge on any atom is -0.508 e. The van der Waals surface area contributed by atoms with Crippen LogP contribution in [0.3, 0.4) is 0 Å². The molecule has 0 heterocycles. The zero-order chi connectivity index (χ0) is 11.8. The summed E-state index contributed by atoms with van der Waals surface area (Å²) in [4.78, 5) is 0. The standard InChI is InChI=1S/C8H8F3NO3.ClH/c9-8(10,11)7(12)6-4(14)1-3(13)2-5(6)15;/h1-2,7,13-15H,12H2;1H/t7-;/m1./s1. The normalized spacial score (nSPS) is 13.0. The van der Waals surface area contributed by atoms with Crippen LogP contribution in [0.4, 0.5) is 13.2 Å². The molecule has 0 unspecified atom stereocenters. The van der Waals surface area contributed by atoms with Crippen molar-refractivity contribution in [3.05, 3.63) is 17.7 Å². The molecule has 8 heteroatoms. The van der Waals surface area contributed by atoms with E-state index in [0.717, 1.165) is 0 Å². The fourth-order valence-corrected chi connectivity index (χ4v) is 1.09. The van der Waals surface area contributed by atoms with E-state index in [9.17, 15) is 13.2 Å². The topological polar surface area (TPSA) is 86.7 Å². The molecule has 1 aromatic rings. The van der Waals surface area contributed by atoms with E-state index < -0.39 is 35.0 Å². The van der Waals surface area contributed by atoms with Crippen LogP contribution < -0.4 is 5.73 Å². The van der Waals surface area contributed by atoms with Gasteiger partial charge in [-0.1, -0.05) is 0 Å². The molecule has 0 amide bonds. The third-order valence-electron chi connectivity index (χ3n) is 1.78. The molecular formula is C8H9ClF3NO3. The average Bonchev–Trinajstić information content (AvgIpc) is 1.99. The predicted molar refractivity (Wildman–Crippen MR) is 51.7 cm³/mol. The fourth-order valence-electron chi connectivity index (χ4n) is 1.09. The third kappa shape index (κ3) is 2.83. The van der Waals surface area contributed by atoms with Gasteiger partial charge in [-0.05, 0) is 0 Å². The van der Waals surface area contributed by atoms with Crippen molar-refractivity contribution in [3.63, 3.8) is 0 Å². The van der Waals surface area contributed by atoms with E-state index in [1.165, 1.54) is 0 Å². The van der Waals surface area contributed by atoms with Crippen LogP contribution in [-0.2, 0) is 0 Å². The molecule has 16 heavy (non-hydrogen) atoms. The van der Waals surface area contributed by atoms with Gasteiger partial charge in [0.15, 0.2) is 0 Å². The molecule has 1 aromatic carbocycles. The second-order valence-electron chi connectivity index (χ2n) is 2.92. The molecule has 0 aliphatic carbocycles. The quantitative estimate of drug-likeness (QED) is 0.619. The molecule has 92 valence electrons. The van der Waals surface area contributed by atoms with E-state index in [1.807, 2.05) is 0 Å². The Hall–Kier alpha value is -1.34. The number of phenolic OH excluding ortho intramolecular Hbond substituents is 3. The number of nitrogens with two attached hydrogens (primary N) is 1. The molecular weight excluding hydrogens is 251 g/mol. The van der Waals surface area contributed by atoms with Gasteiger partial charge >= 0.3 is 6.18 Å². The lowest BCUT2D eigenvalue weighted by atomic mass is 10.0. The van der Waals surface area contributed by atoms with E-state index in [0.29, 0.717) is 12.1 Å². The number of hydrogen-bond acceptors (Lipinski definition) is 4. The monoisotopic (exact) mass is 259 g/mol. The zero-order valence-electron chi connectivity index (χ0n) is 7.69. The maximum Gasteiger partial charge on any atom is 0.407 e. The van der Waals surface area contributed by atoms with E-state index >= 15 is 0 Å². The van der Waals surface area contributed by atoms with E-state index in [-0.39, 0.29) is 12.4 Å². The molecule has 0 saturated carbocycles. The summed E-state index contributed by atoms with van der Waals surface area (Å²) in [5, 5.41) is 27.1. The molecule has 1 rings (SSSR count). The minimum atomic E-state index is -4.79. The Bertz CT molecular complexity index is 360. The Morgan fingerprint density at radius 2 is 1.44 bits per heavy atom. The summed E-state index contributed by atoms with van der Waals surface area (Å²) < 4.78 is 36.6. The SMILES string of the molecule is Cl.N[C@H](c1c(O)cc(O)cc1O)C(F)(F)F. The number of benzene rings is 1. The largest absolute Gasteiger partial charge is 0.508 e. The summed E-state index contributed by atoms with van der Waals surface area (Å²) in [7, 11) is 0. The first-order valence-corrected chi connectivity index (χ1v) is 3.80. The summed E-state index contributed by atoms with van der Waals surface area (Å²) in [5.74, 6) is -2.36. The van der Waals surface area contributed by atoms with Gasteiger partial charge in [-0.2, -0.15) is 13.2 Å². The number of halogens is 4. The minimum absolute atomic E-state index is 0. The molecule has 5 N–H and O–H groups in total. The number of rotatable bonds is 1. The van der Waals surface area contributed by atoms with Gasteiger partial charge in [-0.3, -0.25) is 0 Å². The van der Waals surface area contributed by atoms with Crippen molar-refractivity contribution in [2.24, 2.45) is 5.73 Å². The summed E-state index contributed by atoms with van der Waals surface area (Å²) in [6.45, 7) is 0. The Morgan fingerprint density at radius 1 is 1.06 bits per heavy atom. The van der Waals surface area contributed by atoms with Gasteiger partial charge in [-0.25, -0.2) is 0 Å². The van der Waals surface area contributed by atoms with Crippen molar-refractivity contribution in [1.82, 2.24) is 0 Å². The number of alkyl halides is 3. The Labute approximate surface area is 94.5 Å². The molecule has 0 radical (unpaired) electrons. The van der Waals surface area contributed by atoms with Crippen LogP contribution >= 0.6 is 12.4 Å². The van der Waals surface area contributed by atoms with Crippen molar-refractivity contribution in [2.45, 2.75) is 12.2 Å². The molecule has 1 atom stereocenters. The highest BCUT2D eigenvalue weighted by molar-refractivity contribution is 5.85. The highest BCUT2D eigenvalue weighted by atomic mass is 35.5. The van der Waals surface area contributed by atoms with Gasteiger partial charge < -0.3 is 21.1 Å². The van der Waals surface area contributed by atoms with E-state index in [4.69, 9.17) is 21.1 Å². The highest BCUT2D eigenvalue weighted by Gasteiger charge is 2.41. The molecule has 0 fully saturated rings. The van der Waals surface area contributed by atoms with E-state index in [2.05, 4.69) is 0 Å². The van der Waals surface area contributed by atoms with Gasteiger partial charge in [0.2, 0.25) is 0 Å². The Morgan fingerprint density at radius 3 is 1.75 bits per heavy atom. The van der Waals surface area contributed by atoms with Gasteiger partial charge in [-0.15, -0.1) is 12.4 Å². The van der Waals surface area contributed by atoms with Crippen LogP contribution in [-0.4, -0.2) is 21.5 Å². The summed E-state index contributed by atoms with van der Waals surface area (Å²) >= 11 is 0. The summed E-state index contributed by atoms with van der Waals surface area (Å²) in [5.41, 5.74) is 3.94. The van der Waals surface area contributed by atoms with Crippen molar-refractivity contribution in [1.29, 1.82) is 0 Å². The van der Waals surface area contributed by atoms with E-state index in [1.54, 1.807) is 0 Å². The molecule has 0 saturated heterocycles. The first-order chi connectivity index (χ1) is 6.73. The van der Waals surface area contributed by atoms with Crippen molar-refractivity contribution < 1.29 is 28.5 Å². The second kappa shape index (κ2) is 4.67. The summed E-state index contributed by atoms with van der Waals surface area (Å²) in [6.07, 6.45) is -4.79. The lowest BCUT2D eigenvalue weighted by molar-refractivity contribution is -0.149. The predicted octanol–water partition coefficient (Wildman–Crippen LogP) is 1.79. The molecule has 0 bridgehead atoms. The first-order valence-electron chi connectivity index (χ1n) is 3.80. The molecule has 0 spiro atoms. The molecule has 0 aliphatic rings. The van der Waals surface area contributed by atoms with Gasteiger partial charge in [0.05, 0.1) is 5.56 Å². The number of phenols is 3. The van der Waals surface area contributed by atoms with Crippen LogP contribution in [0, 0.1) is 0 Å². The fraction of sp³-hybridized carbons (Fsp3) is 0.250.